The second-order valence-corrected chi connectivity index (χ2v) is 9.71. The van der Waals surface area contributed by atoms with E-state index in [0.29, 0.717) is 5.41 Å². The van der Waals surface area contributed by atoms with Gasteiger partial charge in [-0.25, -0.2) is 5.90 Å². The molecule has 0 spiro atoms. The van der Waals surface area contributed by atoms with E-state index in [2.05, 4.69) is 40.3 Å². The van der Waals surface area contributed by atoms with Crippen LogP contribution in [0.5, 0.6) is 0 Å². The van der Waals surface area contributed by atoms with Gasteiger partial charge in [0.25, 0.3) is 0 Å². The van der Waals surface area contributed by atoms with E-state index in [1.165, 1.54) is 89.9 Å². The van der Waals surface area contributed by atoms with Crippen molar-refractivity contribution in [2.75, 3.05) is 5.75 Å². The van der Waals surface area contributed by atoms with Gasteiger partial charge in [0.1, 0.15) is 0 Å². The van der Waals surface area contributed by atoms with E-state index in [1.807, 2.05) is 0 Å². The van der Waals surface area contributed by atoms with Gasteiger partial charge in [-0.3, -0.25) is 4.84 Å². The number of hydrogen-bond donors (Lipinski definition) is 2. The standard InChI is InChI=1S/C22H47NOS/c1-21(2,18-19-22(3,4)24-23)17-15-13-11-9-7-5-6-8-10-12-14-16-20-25/h25H,5-20,23H2,1-4H3. The lowest BCUT2D eigenvalue weighted by atomic mass is 9.80. The average Bonchev–Trinajstić information content (AvgIpc) is 2.57. The molecule has 0 aromatic carbocycles. The van der Waals surface area contributed by atoms with Crippen molar-refractivity contribution in [1.82, 2.24) is 0 Å². The van der Waals surface area contributed by atoms with Crippen LogP contribution in [0.4, 0.5) is 0 Å². The number of hydrogen-bond acceptors (Lipinski definition) is 3. The monoisotopic (exact) mass is 373 g/mol. The first-order valence-electron chi connectivity index (χ1n) is 10.8. The van der Waals surface area contributed by atoms with Gasteiger partial charge in [-0.1, -0.05) is 84.5 Å². The molecule has 2 N–H and O–H groups in total. The molecule has 0 rings (SSSR count). The molecule has 0 saturated heterocycles. The largest absolute Gasteiger partial charge is 0.299 e. The summed E-state index contributed by atoms with van der Waals surface area (Å²) < 4.78 is 0. The SMILES string of the molecule is CC(C)(CCCCCCCCCCCCCCS)CCC(C)(C)ON. The van der Waals surface area contributed by atoms with Crippen LogP contribution in [0.1, 0.15) is 124 Å². The fraction of sp³-hybridized carbons (Fsp3) is 1.00. The van der Waals surface area contributed by atoms with Crippen LogP contribution in [0.25, 0.3) is 0 Å². The fourth-order valence-corrected chi connectivity index (χ4v) is 3.53. The summed E-state index contributed by atoms with van der Waals surface area (Å²) in [5.41, 5.74) is 0.215. The molecule has 0 aliphatic heterocycles. The fourth-order valence-electron chi connectivity index (χ4n) is 3.31. The Bertz CT molecular complexity index is 292. The number of thiol groups is 1. The highest BCUT2D eigenvalue weighted by molar-refractivity contribution is 7.80. The Balaban J connectivity index is 3.39. The quantitative estimate of drug-likeness (QED) is 0.148. The molecule has 0 heterocycles. The van der Waals surface area contributed by atoms with E-state index in [0.717, 1.165) is 12.2 Å². The maximum atomic E-state index is 5.36. The third-order valence-corrected chi connectivity index (χ3v) is 5.80. The first-order chi connectivity index (χ1) is 11.8. The molecule has 0 unspecified atom stereocenters. The lowest BCUT2D eigenvalue weighted by Gasteiger charge is -2.30. The Morgan fingerprint density at radius 1 is 0.600 bits per heavy atom. The number of rotatable bonds is 18. The molecule has 0 aliphatic rings. The Morgan fingerprint density at radius 2 is 1.00 bits per heavy atom. The predicted molar refractivity (Wildman–Crippen MR) is 116 cm³/mol. The third-order valence-electron chi connectivity index (χ3n) is 5.48. The summed E-state index contributed by atoms with van der Waals surface area (Å²) in [6.07, 6.45) is 20.4. The van der Waals surface area contributed by atoms with Gasteiger partial charge in [-0.05, 0) is 50.7 Å². The minimum atomic E-state index is -0.191. The van der Waals surface area contributed by atoms with Crippen LogP contribution in [-0.4, -0.2) is 11.4 Å². The molecule has 152 valence electrons. The minimum Gasteiger partial charge on any atom is -0.299 e. The summed E-state index contributed by atoms with van der Waals surface area (Å²) >= 11 is 4.26. The second-order valence-electron chi connectivity index (χ2n) is 9.26. The van der Waals surface area contributed by atoms with Crippen LogP contribution >= 0.6 is 12.6 Å². The van der Waals surface area contributed by atoms with Crippen molar-refractivity contribution in [3.05, 3.63) is 0 Å². The van der Waals surface area contributed by atoms with Gasteiger partial charge in [0.2, 0.25) is 0 Å². The van der Waals surface area contributed by atoms with Gasteiger partial charge < -0.3 is 0 Å². The molecular formula is C22H47NOS. The van der Waals surface area contributed by atoms with Gasteiger partial charge in [0.15, 0.2) is 0 Å². The normalized spacial score (nSPS) is 12.7. The molecule has 0 aliphatic carbocycles. The summed E-state index contributed by atoms with van der Waals surface area (Å²) in [7, 11) is 0. The maximum Gasteiger partial charge on any atom is 0.0838 e. The van der Waals surface area contributed by atoms with Crippen molar-refractivity contribution in [3.8, 4) is 0 Å². The molecule has 0 atom stereocenters. The molecule has 0 aromatic heterocycles. The lowest BCUT2D eigenvalue weighted by molar-refractivity contribution is -0.0330. The Hall–Kier alpha value is 0.270. The van der Waals surface area contributed by atoms with E-state index in [1.54, 1.807) is 0 Å². The van der Waals surface area contributed by atoms with E-state index in [-0.39, 0.29) is 5.60 Å². The van der Waals surface area contributed by atoms with Crippen molar-refractivity contribution in [2.45, 2.75) is 130 Å². The second kappa shape index (κ2) is 15.3. The van der Waals surface area contributed by atoms with E-state index in [9.17, 15) is 0 Å². The molecule has 0 amide bonds. The average molecular weight is 374 g/mol. The topological polar surface area (TPSA) is 35.2 Å². The van der Waals surface area contributed by atoms with Crippen LogP contribution in [0.2, 0.25) is 0 Å². The van der Waals surface area contributed by atoms with E-state index < -0.39 is 0 Å². The number of unbranched alkanes of at least 4 members (excludes halogenated alkanes) is 11. The Kier molecular flexibility index (Phi) is 15.5. The summed E-state index contributed by atoms with van der Waals surface area (Å²) in [4.78, 5) is 5.05. The van der Waals surface area contributed by atoms with Gasteiger partial charge in [0, 0.05) is 0 Å². The number of nitrogens with two attached hydrogens (primary N) is 1. The van der Waals surface area contributed by atoms with Crippen LogP contribution in [0.3, 0.4) is 0 Å². The lowest BCUT2D eigenvalue weighted by Crippen LogP contribution is -2.30. The zero-order valence-corrected chi connectivity index (χ0v) is 18.6. The summed E-state index contributed by atoms with van der Waals surface area (Å²) in [5, 5.41) is 0. The molecule has 0 fully saturated rings. The van der Waals surface area contributed by atoms with Crippen LogP contribution in [0, 0.1) is 5.41 Å². The van der Waals surface area contributed by atoms with Gasteiger partial charge in [-0.15, -0.1) is 0 Å². The molecule has 2 nitrogen and oxygen atoms in total. The highest BCUT2D eigenvalue weighted by Gasteiger charge is 2.24. The summed E-state index contributed by atoms with van der Waals surface area (Å²) in [6, 6.07) is 0. The third kappa shape index (κ3) is 17.4. The Morgan fingerprint density at radius 3 is 1.40 bits per heavy atom. The maximum absolute atomic E-state index is 5.36. The molecule has 0 saturated carbocycles. The van der Waals surface area contributed by atoms with Gasteiger partial charge in [-0.2, -0.15) is 12.6 Å². The van der Waals surface area contributed by atoms with Crippen molar-refractivity contribution < 1.29 is 4.84 Å². The van der Waals surface area contributed by atoms with Crippen LogP contribution < -0.4 is 5.90 Å². The molecule has 0 bridgehead atoms. The Labute approximate surface area is 164 Å². The molecule has 0 radical (unpaired) electrons. The van der Waals surface area contributed by atoms with Crippen molar-refractivity contribution >= 4 is 12.6 Å². The molecule has 0 aromatic rings. The first-order valence-corrected chi connectivity index (χ1v) is 11.4. The van der Waals surface area contributed by atoms with Crippen molar-refractivity contribution in [1.29, 1.82) is 0 Å². The molecular weight excluding hydrogens is 326 g/mol. The zero-order chi connectivity index (χ0) is 19.0. The van der Waals surface area contributed by atoms with E-state index in [4.69, 9.17) is 10.7 Å². The zero-order valence-electron chi connectivity index (χ0n) is 17.7. The highest BCUT2D eigenvalue weighted by Crippen LogP contribution is 2.32. The van der Waals surface area contributed by atoms with Crippen molar-refractivity contribution in [2.24, 2.45) is 11.3 Å². The first kappa shape index (κ1) is 25.3. The van der Waals surface area contributed by atoms with Crippen molar-refractivity contribution in [3.63, 3.8) is 0 Å². The van der Waals surface area contributed by atoms with Gasteiger partial charge >= 0.3 is 0 Å². The van der Waals surface area contributed by atoms with Gasteiger partial charge in [0.05, 0.1) is 5.60 Å². The van der Waals surface area contributed by atoms with Crippen LogP contribution in [0.15, 0.2) is 0 Å². The highest BCUT2D eigenvalue weighted by atomic mass is 32.1. The summed E-state index contributed by atoms with van der Waals surface area (Å²) in [5.74, 6) is 6.41. The minimum absolute atomic E-state index is 0.191. The molecule has 25 heavy (non-hydrogen) atoms. The smallest absolute Gasteiger partial charge is 0.0838 e. The predicted octanol–water partition coefficient (Wildman–Crippen LogP) is 7.46. The molecule has 3 heteroatoms. The van der Waals surface area contributed by atoms with E-state index >= 15 is 0 Å². The summed E-state index contributed by atoms with van der Waals surface area (Å²) in [6.45, 7) is 8.92. The van der Waals surface area contributed by atoms with Crippen LogP contribution in [-0.2, 0) is 4.84 Å².